The molecule has 4 nitrogen and oxygen atoms in total. The minimum Gasteiger partial charge on any atom is -0.391 e. The molecule has 104 valence electrons. The van der Waals surface area contributed by atoms with Crippen LogP contribution in [0.4, 0.5) is 0 Å². The van der Waals surface area contributed by atoms with Gasteiger partial charge in [0.15, 0.2) is 0 Å². The van der Waals surface area contributed by atoms with E-state index in [9.17, 15) is 5.11 Å². The molecule has 2 N–H and O–H groups in total. The van der Waals surface area contributed by atoms with Gasteiger partial charge < -0.3 is 19.7 Å². The molecule has 0 amide bonds. The fourth-order valence-electron chi connectivity index (χ4n) is 2.31. The number of methoxy groups -OCH3 is 1. The normalized spacial score (nSPS) is 12.9. The third-order valence-electron chi connectivity index (χ3n) is 3.32. The van der Waals surface area contributed by atoms with Crippen LogP contribution in [0, 0.1) is 13.8 Å². The van der Waals surface area contributed by atoms with Crippen molar-refractivity contribution in [3.8, 4) is 0 Å². The lowest BCUT2D eigenvalue weighted by atomic mass is 10.2. The van der Waals surface area contributed by atoms with E-state index in [1.54, 1.807) is 7.11 Å². The van der Waals surface area contributed by atoms with Crippen LogP contribution in [0.25, 0.3) is 0 Å². The molecule has 0 spiro atoms. The summed E-state index contributed by atoms with van der Waals surface area (Å²) in [5.41, 5.74) is 3.99. The number of aliphatic hydroxyl groups is 1. The second-order valence-corrected chi connectivity index (χ2v) is 4.72. The average Bonchev–Trinajstić information content (AvgIpc) is 2.60. The van der Waals surface area contributed by atoms with Crippen molar-refractivity contribution in [1.82, 2.24) is 9.88 Å². The summed E-state index contributed by atoms with van der Waals surface area (Å²) in [5, 5.41) is 12.9. The quantitative estimate of drug-likeness (QED) is 0.693. The van der Waals surface area contributed by atoms with Crippen molar-refractivity contribution < 1.29 is 9.84 Å². The maximum Gasteiger partial charge on any atom is 0.0785 e. The van der Waals surface area contributed by atoms with Gasteiger partial charge in [-0.2, -0.15) is 0 Å². The van der Waals surface area contributed by atoms with Gasteiger partial charge >= 0.3 is 0 Å². The Morgan fingerprint density at radius 2 is 2.17 bits per heavy atom. The molecule has 1 unspecified atom stereocenters. The summed E-state index contributed by atoms with van der Waals surface area (Å²) in [5.74, 6) is 0. The molecule has 1 aromatic heterocycles. The van der Waals surface area contributed by atoms with Crippen LogP contribution in [-0.2, 0) is 17.8 Å². The predicted octanol–water partition coefficient (Wildman–Crippen LogP) is 1.61. The average molecular weight is 254 g/mol. The van der Waals surface area contributed by atoms with Crippen molar-refractivity contribution in [2.75, 3.05) is 20.3 Å². The van der Waals surface area contributed by atoms with Crippen molar-refractivity contribution in [3.63, 3.8) is 0 Å². The number of aliphatic hydroxyl groups excluding tert-OH is 1. The Balaban J connectivity index is 2.36. The van der Waals surface area contributed by atoms with Crippen molar-refractivity contribution in [3.05, 3.63) is 23.0 Å². The predicted molar refractivity (Wildman–Crippen MR) is 73.8 cm³/mol. The van der Waals surface area contributed by atoms with Crippen LogP contribution < -0.4 is 5.32 Å². The number of nitrogens with one attached hydrogen (secondary N) is 1. The summed E-state index contributed by atoms with van der Waals surface area (Å²) in [6.07, 6.45) is 0.353. The molecule has 18 heavy (non-hydrogen) atoms. The first-order chi connectivity index (χ1) is 8.60. The first kappa shape index (κ1) is 15.2. The van der Waals surface area contributed by atoms with Crippen molar-refractivity contribution >= 4 is 0 Å². The molecule has 0 bridgehead atoms. The Hall–Kier alpha value is -0.840. The molecule has 1 atom stereocenters. The Morgan fingerprint density at radius 3 is 2.72 bits per heavy atom. The van der Waals surface area contributed by atoms with E-state index in [2.05, 4.69) is 36.7 Å². The summed E-state index contributed by atoms with van der Waals surface area (Å²) in [6.45, 7) is 9.56. The van der Waals surface area contributed by atoms with Gasteiger partial charge in [0.1, 0.15) is 0 Å². The first-order valence-electron chi connectivity index (χ1n) is 6.63. The fraction of sp³-hybridized carbons (Fsp3) is 0.714. The van der Waals surface area contributed by atoms with E-state index in [0.717, 1.165) is 26.1 Å². The molecule has 1 aromatic rings. The standard InChI is InChI=1S/C14H26N2O2/c1-5-16-11(2)8-13(12(16)3)9-15-7-6-14(17)10-18-4/h8,14-15,17H,5-7,9-10H2,1-4H3. The number of nitrogens with zero attached hydrogens (tertiary/aromatic N) is 1. The molecule has 0 saturated heterocycles. The Kier molecular flexibility index (Phi) is 6.39. The SMILES string of the molecule is CCn1c(C)cc(CNCCC(O)COC)c1C. The number of rotatable bonds is 8. The maximum absolute atomic E-state index is 9.52. The van der Waals surface area contributed by atoms with Crippen LogP contribution in [0.1, 0.15) is 30.3 Å². The highest BCUT2D eigenvalue weighted by Gasteiger charge is 2.07. The third kappa shape index (κ3) is 4.12. The number of aromatic nitrogens is 1. The topological polar surface area (TPSA) is 46.4 Å². The monoisotopic (exact) mass is 254 g/mol. The van der Waals surface area contributed by atoms with E-state index in [4.69, 9.17) is 4.74 Å². The van der Waals surface area contributed by atoms with Gasteiger partial charge in [0.2, 0.25) is 0 Å². The van der Waals surface area contributed by atoms with E-state index in [1.807, 2.05) is 0 Å². The number of aryl methyl sites for hydroxylation is 1. The van der Waals surface area contributed by atoms with Crippen LogP contribution in [0.2, 0.25) is 0 Å². The summed E-state index contributed by atoms with van der Waals surface area (Å²) in [6, 6.07) is 2.23. The minimum atomic E-state index is -0.370. The zero-order valence-electron chi connectivity index (χ0n) is 12.0. The van der Waals surface area contributed by atoms with Crippen LogP contribution in [0.5, 0.6) is 0 Å². The van der Waals surface area contributed by atoms with Crippen LogP contribution >= 0.6 is 0 Å². The smallest absolute Gasteiger partial charge is 0.0785 e. The Morgan fingerprint density at radius 1 is 1.44 bits per heavy atom. The molecule has 1 heterocycles. The van der Waals surface area contributed by atoms with Gasteiger partial charge in [0, 0.05) is 31.6 Å². The van der Waals surface area contributed by atoms with E-state index >= 15 is 0 Å². The van der Waals surface area contributed by atoms with Crippen molar-refractivity contribution in [2.24, 2.45) is 0 Å². The summed E-state index contributed by atoms with van der Waals surface area (Å²) >= 11 is 0. The second-order valence-electron chi connectivity index (χ2n) is 4.72. The Bertz CT molecular complexity index is 361. The number of hydrogen-bond donors (Lipinski definition) is 2. The summed E-state index contributed by atoms with van der Waals surface area (Å²) in [7, 11) is 1.61. The molecule has 0 fully saturated rings. The van der Waals surface area contributed by atoms with Gasteiger partial charge in [0.25, 0.3) is 0 Å². The van der Waals surface area contributed by atoms with E-state index < -0.39 is 0 Å². The molecular weight excluding hydrogens is 228 g/mol. The van der Waals surface area contributed by atoms with Gasteiger partial charge in [-0.25, -0.2) is 0 Å². The molecular formula is C14H26N2O2. The van der Waals surface area contributed by atoms with Crippen LogP contribution in [0.3, 0.4) is 0 Å². The van der Waals surface area contributed by atoms with Gasteiger partial charge in [-0.3, -0.25) is 0 Å². The lowest BCUT2D eigenvalue weighted by Gasteiger charge is -2.10. The molecule has 1 rings (SSSR count). The summed E-state index contributed by atoms with van der Waals surface area (Å²) < 4.78 is 7.21. The molecule has 4 heteroatoms. The molecule has 0 aliphatic rings. The first-order valence-corrected chi connectivity index (χ1v) is 6.63. The van der Waals surface area contributed by atoms with Gasteiger partial charge in [-0.1, -0.05) is 0 Å². The Labute approximate surface area is 110 Å². The van der Waals surface area contributed by atoms with Crippen LogP contribution in [-0.4, -0.2) is 36.0 Å². The summed E-state index contributed by atoms with van der Waals surface area (Å²) in [4.78, 5) is 0. The lowest BCUT2D eigenvalue weighted by molar-refractivity contribution is 0.0594. The molecule has 0 aliphatic carbocycles. The van der Waals surface area contributed by atoms with Gasteiger partial charge in [-0.15, -0.1) is 0 Å². The highest BCUT2D eigenvalue weighted by Crippen LogP contribution is 2.14. The highest BCUT2D eigenvalue weighted by atomic mass is 16.5. The van der Waals surface area contributed by atoms with E-state index in [-0.39, 0.29) is 6.10 Å². The maximum atomic E-state index is 9.52. The van der Waals surface area contributed by atoms with Crippen molar-refractivity contribution in [2.45, 2.75) is 46.4 Å². The molecule has 0 aromatic carbocycles. The van der Waals surface area contributed by atoms with E-state index in [0.29, 0.717) is 6.61 Å². The van der Waals surface area contributed by atoms with Crippen LogP contribution in [0.15, 0.2) is 6.07 Å². The number of hydrogen-bond acceptors (Lipinski definition) is 3. The second kappa shape index (κ2) is 7.56. The fourth-order valence-corrected chi connectivity index (χ4v) is 2.31. The largest absolute Gasteiger partial charge is 0.391 e. The van der Waals surface area contributed by atoms with Gasteiger partial charge in [0.05, 0.1) is 12.7 Å². The molecule has 0 aliphatic heterocycles. The van der Waals surface area contributed by atoms with Crippen molar-refractivity contribution in [1.29, 1.82) is 0 Å². The lowest BCUT2D eigenvalue weighted by Crippen LogP contribution is -2.23. The third-order valence-corrected chi connectivity index (χ3v) is 3.32. The zero-order chi connectivity index (χ0) is 13.5. The minimum absolute atomic E-state index is 0.370. The molecule has 0 saturated carbocycles. The highest BCUT2D eigenvalue weighted by molar-refractivity contribution is 5.26. The molecule has 0 radical (unpaired) electrons. The van der Waals surface area contributed by atoms with E-state index in [1.165, 1.54) is 17.0 Å². The number of ether oxygens (including phenoxy) is 1. The van der Waals surface area contributed by atoms with Gasteiger partial charge in [-0.05, 0) is 45.4 Å². The zero-order valence-corrected chi connectivity index (χ0v) is 12.0.